The van der Waals surface area contributed by atoms with E-state index in [4.69, 9.17) is 0 Å². The molecule has 0 atom stereocenters. The second-order valence-corrected chi connectivity index (χ2v) is 6.59. The molecule has 22 heavy (non-hydrogen) atoms. The minimum atomic E-state index is -4.03. The first-order valence-electron chi connectivity index (χ1n) is 6.31. The molecule has 116 valence electrons. The topological polar surface area (TPSA) is 86.3 Å². The molecule has 0 aliphatic rings. The molecule has 2 rings (SSSR count). The van der Waals surface area contributed by atoms with E-state index >= 15 is 0 Å². The zero-order valence-corrected chi connectivity index (χ0v) is 12.7. The van der Waals surface area contributed by atoms with E-state index in [1.165, 1.54) is 0 Å². The molecule has 0 radical (unpaired) electrons. The summed E-state index contributed by atoms with van der Waals surface area (Å²) in [6, 6.07) is 7.65. The molecule has 5 nitrogen and oxygen atoms in total. The van der Waals surface area contributed by atoms with E-state index in [-0.39, 0.29) is 4.90 Å². The molecule has 0 aliphatic carbocycles. The Hall–Kier alpha value is -2.41. The number of sulfonamides is 1. The lowest BCUT2D eigenvalue weighted by Crippen LogP contribution is -2.24. The van der Waals surface area contributed by atoms with Gasteiger partial charge in [-0.25, -0.2) is 12.8 Å². The molecule has 7 heteroatoms. The molecule has 2 aromatic rings. The standard InChI is InChI=1S/C15H14FNO4S/c1-9-5-10(2)7-11(6-9)17-22(20,21)12-3-4-14(16)13(8-12)15(18)19/h3-8,17H,1-2H3,(H,18,19)/p-1. The van der Waals surface area contributed by atoms with Gasteiger partial charge in [0.25, 0.3) is 10.0 Å². The zero-order chi connectivity index (χ0) is 16.5. The Morgan fingerprint density at radius 3 is 2.23 bits per heavy atom. The number of aryl methyl sites for hydroxylation is 2. The Balaban J connectivity index is 2.42. The van der Waals surface area contributed by atoms with Gasteiger partial charge in [0.05, 0.1) is 10.9 Å². The van der Waals surface area contributed by atoms with Crippen molar-refractivity contribution < 1.29 is 22.7 Å². The van der Waals surface area contributed by atoms with Gasteiger partial charge in [-0.05, 0) is 55.3 Å². The van der Waals surface area contributed by atoms with E-state index < -0.39 is 27.4 Å². The van der Waals surface area contributed by atoms with Crippen LogP contribution in [0.15, 0.2) is 41.3 Å². The minimum absolute atomic E-state index is 0.344. The smallest absolute Gasteiger partial charge is 0.261 e. The Kier molecular flexibility index (Phi) is 4.18. The quantitative estimate of drug-likeness (QED) is 0.926. The van der Waals surface area contributed by atoms with Crippen LogP contribution >= 0.6 is 0 Å². The molecule has 0 aliphatic heterocycles. The van der Waals surface area contributed by atoms with Crippen LogP contribution in [0.4, 0.5) is 10.1 Å². The molecule has 1 N–H and O–H groups in total. The summed E-state index contributed by atoms with van der Waals surface area (Å²) in [5.41, 5.74) is 1.28. The summed E-state index contributed by atoms with van der Waals surface area (Å²) >= 11 is 0. The fourth-order valence-corrected chi connectivity index (χ4v) is 3.14. The Morgan fingerprint density at radius 2 is 1.68 bits per heavy atom. The fraction of sp³-hybridized carbons (Fsp3) is 0.133. The summed E-state index contributed by atoms with van der Waals surface area (Å²) in [5.74, 6) is -2.83. The molecule has 0 saturated heterocycles. The van der Waals surface area contributed by atoms with Crippen LogP contribution in [0.3, 0.4) is 0 Å². The predicted molar refractivity (Wildman–Crippen MR) is 77.5 cm³/mol. The normalized spacial score (nSPS) is 11.2. The van der Waals surface area contributed by atoms with Crippen LogP contribution in [-0.2, 0) is 10.0 Å². The molecule has 0 fully saturated rings. The van der Waals surface area contributed by atoms with Gasteiger partial charge >= 0.3 is 0 Å². The van der Waals surface area contributed by atoms with Crippen molar-refractivity contribution in [2.24, 2.45) is 0 Å². The molecule has 0 bridgehead atoms. The molecule has 0 spiro atoms. The van der Waals surface area contributed by atoms with Crippen LogP contribution in [0.5, 0.6) is 0 Å². The largest absolute Gasteiger partial charge is 0.545 e. The summed E-state index contributed by atoms with van der Waals surface area (Å²) in [7, 11) is -4.03. The van der Waals surface area contributed by atoms with Gasteiger partial charge in [-0.1, -0.05) is 6.07 Å². The van der Waals surface area contributed by atoms with E-state index in [0.29, 0.717) is 5.69 Å². The second-order valence-electron chi connectivity index (χ2n) is 4.91. The van der Waals surface area contributed by atoms with Gasteiger partial charge in [-0.3, -0.25) is 4.72 Å². The third kappa shape index (κ3) is 3.43. The monoisotopic (exact) mass is 322 g/mol. The van der Waals surface area contributed by atoms with Crippen molar-refractivity contribution in [3.05, 3.63) is 58.9 Å². The van der Waals surface area contributed by atoms with Gasteiger partial charge in [0.15, 0.2) is 0 Å². The Morgan fingerprint density at radius 1 is 1.09 bits per heavy atom. The SMILES string of the molecule is Cc1cc(C)cc(NS(=O)(=O)c2ccc(F)c(C(=O)[O-])c2)c1. The third-order valence-corrected chi connectivity index (χ3v) is 4.32. The van der Waals surface area contributed by atoms with Crippen molar-refractivity contribution >= 4 is 21.7 Å². The Labute approximate surface area is 127 Å². The first kappa shape index (κ1) is 16.0. The number of halogens is 1. The first-order valence-corrected chi connectivity index (χ1v) is 7.79. The maximum atomic E-state index is 13.3. The molecule has 0 saturated carbocycles. The summed E-state index contributed by atoms with van der Waals surface area (Å²) in [5, 5.41) is 10.8. The van der Waals surface area contributed by atoms with Gasteiger partial charge in [-0.15, -0.1) is 0 Å². The average Bonchev–Trinajstić information content (AvgIpc) is 2.36. The van der Waals surface area contributed by atoms with Gasteiger partial charge in [0.1, 0.15) is 5.82 Å². The summed E-state index contributed by atoms with van der Waals surface area (Å²) in [4.78, 5) is 10.4. The number of carbonyl (C=O) groups excluding carboxylic acids is 1. The maximum absolute atomic E-state index is 13.3. The zero-order valence-electron chi connectivity index (χ0n) is 11.9. The summed E-state index contributed by atoms with van der Waals surface area (Å²) in [6.07, 6.45) is 0. The van der Waals surface area contributed by atoms with Crippen LogP contribution in [-0.4, -0.2) is 14.4 Å². The van der Waals surface area contributed by atoms with Crippen molar-refractivity contribution in [2.75, 3.05) is 4.72 Å². The van der Waals surface area contributed by atoms with Crippen LogP contribution in [0.1, 0.15) is 21.5 Å². The van der Waals surface area contributed by atoms with Gasteiger partial charge in [0.2, 0.25) is 0 Å². The number of hydrogen-bond donors (Lipinski definition) is 1. The maximum Gasteiger partial charge on any atom is 0.261 e. The van der Waals surface area contributed by atoms with Gasteiger partial charge < -0.3 is 9.90 Å². The second kappa shape index (κ2) is 5.76. The van der Waals surface area contributed by atoms with Crippen LogP contribution < -0.4 is 9.83 Å². The lowest BCUT2D eigenvalue weighted by Gasteiger charge is -2.11. The van der Waals surface area contributed by atoms with E-state index in [0.717, 1.165) is 29.3 Å². The number of carbonyl (C=O) groups is 1. The fourth-order valence-electron chi connectivity index (χ4n) is 2.08. The summed E-state index contributed by atoms with van der Waals surface area (Å²) in [6.45, 7) is 3.63. The number of aromatic carboxylic acids is 1. The molecule has 0 heterocycles. The van der Waals surface area contributed by atoms with Crippen LogP contribution in [0.25, 0.3) is 0 Å². The van der Waals surface area contributed by atoms with E-state index in [2.05, 4.69) is 4.72 Å². The van der Waals surface area contributed by atoms with Gasteiger partial charge in [0, 0.05) is 11.3 Å². The van der Waals surface area contributed by atoms with Gasteiger partial charge in [-0.2, -0.15) is 0 Å². The van der Waals surface area contributed by atoms with Crippen LogP contribution in [0.2, 0.25) is 0 Å². The number of rotatable bonds is 4. The summed E-state index contributed by atoms with van der Waals surface area (Å²) < 4.78 is 40.2. The number of anilines is 1. The molecular formula is C15H13FNO4S-. The molecule has 2 aromatic carbocycles. The van der Waals surface area contributed by atoms with E-state index in [1.54, 1.807) is 12.1 Å². The average molecular weight is 322 g/mol. The highest BCUT2D eigenvalue weighted by Crippen LogP contribution is 2.20. The van der Waals surface area contributed by atoms with Crippen molar-refractivity contribution in [3.8, 4) is 0 Å². The highest BCUT2D eigenvalue weighted by molar-refractivity contribution is 7.92. The van der Waals surface area contributed by atoms with Crippen LogP contribution in [0, 0.1) is 19.7 Å². The lowest BCUT2D eigenvalue weighted by atomic mass is 10.1. The molecule has 0 amide bonds. The number of carboxylic acids is 1. The van der Waals surface area contributed by atoms with Crippen molar-refractivity contribution in [1.29, 1.82) is 0 Å². The molecular weight excluding hydrogens is 309 g/mol. The number of carboxylic acid groups (broad SMARTS) is 1. The number of hydrogen-bond acceptors (Lipinski definition) is 4. The Bertz CT molecular complexity index is 826. The van der Waals surface area contributed by atoms with Crippen molar-refractivity contribution in [3.63, 3.8) is 0 Å². The number of nitrogens with one attached hydrogen (secondary N) is 1. The minimum Gasteiger partial charge on any atom is -0.545 e. The first-order chi connectivity index (χ1) is 10.2. The van der Waals surface area contributed by atoms with E-state index in [1.807, 2.05) is 19.9 Å². The molecule has 0 aromatic heterocycles. The lowest BCUT2D eigenvalue weighted by molar-refractivity contribution is -0.255. The predicted octanol–water partition coefficient (Wildman–Crippen LogP) is 1.61. The molecule has 0 unspecified atom stereocenters. The highest BCUT2D eigenvalue weighted by Gasteiger charge is 2.17. The highest BCUT2D eigenvalue weighted by atomic mass is 32.2. The van der Waals surface area contributed by atoms with E-state index in [9.17, 15) is 22.7 Å². The third-order valence-electron chi connectivity index (χ3n) is 2.94. The van der Waals surface area contributed by atoms with Crippen molar-refractivity contribution in [2.45, 2.75) is 18.7 Å². The number of benzene rings is 2. The van der Waals surface area contributed by atoms with Crippen molar-refractivity contribution in [1.82, 2.24) is 0 Å².